The van der Waals surface area contributed by atoms with Gasteiger partial charge in [-0.15, -0.1) is 0 Å². The van der Waals surface area contributed by atoms with Crippen molar-refractivity contribution in [1.29, 1.82) is 0 Å². The molecule has 7 nitrogen and oxygen atoms in total. The van der Waals surface area contributed by atoms with Crippen LogP contribution in [0.4, 0.5) is 0 Å². The highest BCUT2D eigenvalue weighted by Gasteiger charge is 2.31. The molecule has 2 atom stereocenters. The number of aliphatic hydroxyl groups excluding tert-OH is 1. The van der Waals surface area contributed by atoms with Gasteiger partial charge in [0.15, 0.2) is 12.2 Å². The van der Waals surface area contributed by atoms with E-state index in [1.807, 2.05) is 0 Å². The van der Waals surface area contributed by atoms with Crippen molar-refractivity contribution in [3.63, 3.8) is 0 Å². The highest BCUT2D eigenvalue weighted by atomic mass is 16.6. The van der Waals surface area contributed by atoms with Crippen LogP contribution < -0.4 is 0 Å². The molecule has 102 valence electrons. The van der Waals surface area contributed by atoms with E-state index < -0.39 is 36.7 Å². The zero-order valence-corrected chi connectivity index (χ0v) is 10.5. The average Bonchev–Trinajstić information content (AvgIpc) is 2.21. The Morgan fingerprint density at radius 1 is 1.06 bits per heavy atom. The van der Waals surface area contributed by atoms with Crippen LogP contribution in [-0.4, -0.2) is 41.8 Å². The van der Waals surface area contributed by atoms with Gasteiger partial charge in [0.25, 0.3) is 0 Å². The van der Waals surface area contributed by atoms with Gasteiger partial charge in [-0.05, 0) is 0 Å². The molecule has 0 saturated heterocycles. The van der Waals surface area contributed by atoms with E-state index in [9.17, 15) is 14.4 Å². The first-order chi connectivity index (χ1) is 8.27. The predicted octanol–water partition coefficient (Wildman–Crippen LogP) is -0.0811. The molecule has 0 aliphatic rings. The van der Waals surface area contributed by atoms with Crippen LogP contribution in [-0.2, 0) is 28.6 Å². The smallest absolute Gasteiger partial charge is 0.307 e. The summed E-state index contributed by atoms with van der Waals surface area (Å²) in [6.45, 7) is 6.17. The number of esters is 3. The zero-order valence-electron chi connectivity index (χ0n) is 10.5. The molecule has 0 aromatic heterocycles. The van der Waals surface area contributed by atoms with Gasteiger partial charge in [0.05, 0.1) is 6.61 Å². The molecule has 0 heterocycles. The lowest BCUT2D eigenvalue weighted by atomic mass is 10.2. The molecule has 0 rings (SSSR count). The monoisotopic (exact) mass is 260 g/mol. The van der Waals surface area contributed by atoms with E-state index in [0.717, 1.165) is 20.8 Å². The molecule has 7 heteroatoms. The van der Waals surface area contributed by atoms with E-state index in [0.29, 0.717) is 0 Å². The molecule has 0 fully saturated rings. The first-order valence-corrected chi connectivity index (χ1v) is 5.10. The summed E-state index contributed by atoms with van der Waals surface area (Å²) in [6.07, 6.45) is -2.43. The molecule has 0 aromatic carbocycles. The average molecular weight is 260 g/mol. The number of aliphatic hydroxyl groups is 1. The summed E-state index contributed by atoms with van der Waals surface area (Å²) in [6, 6.07) is 0. The molecule has 0 amide bonds. The minimum atomic E-state index is -1.25. The molecule has 0 spiro atoms. The molecular formula is C11H16O7. The standard InChI is InChI=1S/C11H16O7/c1-6(16-7(2)13)11(18-9(4)15)10(5-12)17-8(3)14/h10-12H,1,5H2,2-4H3. The molecule has 18 heavy (non-hydrogen) atoms. The Bertz CT molecular complexity index is 347. The third kappa shape index (κ3) is 6.00. The molecule has 1 N–H and O–H groups in total. The quantitative estimate of drug-likeness (QED) is 0.405. The number of carbonyl (C=O) groups is 3. The van der Waals surface area contributed by atoms with Crippen LogP contribution in [0, 0.1) is 0 Å². The van der Waals surface area contributed by atoms with Gasteiger partial charge in [-0.25, -0.2) is 0 Å². The molecule has 0 aliphatic carbocycles. The second-order valence-electron chi connectivity index (χ2n) is 3.42. The van der Waals surface area contributed by atoms with E-state index in [2.05, 4.69) is 11.3 Å². The van der Waals surface area contributed by atoms with Gasteiger partial charge in [0, 0.05) is 20.8 Å². The lowest BCUT2D eigenvalue weighted by Crippen LogP contribution is -2.39. The number of ether oxygens (including phenoxy) is 3. The van der Waals surface area contributed by atoms with E-state index in [1.165, 1.54) is 0 Å². The summed E-state index contributed by atoms with van der Waals surface area (Å²) >= 11 is 0. The van der Waals surface area contributed by atoms with Gasteiger partial charge in [0.2, 0.25) is 0 Å². The Morgan fingerprint density at radius 3 is 1.89 bits per heavy atom. The van der Waals surface area contributed by atoms with Crippen LogP contribution in [0.25, 0.3) is 0 Å². The van der Waals surface area contributed by atoms with Gasteiger partial charge < -0.3 is 19.3 Å². The van der Waals surface area contributed by atoms with Crippen LogP contribution in [0.2, 0.25) is 0 Å². The van der Waals surface area contributed by atoms with Crippen LogP contribution in [0.1, 0.15) is 20.8 Å². The van der Waals surface area contributed by atoms with Crippen LogP contribution in [0.5, 0.6) is 0 Å². The summed E-state index contributed by atoms with van der Waals surface area (Å²) in [4.78, 5) is 32.5. The Morgan fingerprint density at radius 2 is 1.56 bits per heavy atom. The highest BCUT2D eigenvalue weighted by Crippen LogP contribution is 2.15. The Balaban J connectivity index is 4.93. The second-order valence-corrected chi connectivity index (χ2v) is 3.42. The maximum atomic E-state index is 10.9. The molecule has 0 saturated carbocycles. The van der Waals surface area contributed by atoms with Crippen molar-refractivity contribution in [3.05, 3.63) is 12.3 Å². The van der Waals surface area contributed by atoms with Gasteiger partial charge in [-0.1, -0.05) is 6.58 Å². The first-order valence-electron chi connectivity index (χ1n) is 5.10. The predicted molar refractivity (Wildman–Crippen MR) is 59.1 cm³/mol. The summed E-state index contributed by atoms with van der Waals surface area (Å²) in [7, 11) is 0. The molecule has 0 aliphatic heterocycles. The van der Waals surface area contributed by atoms with Gasteiger partial charge in [0.1, 0.15) is 5.76 Å². The van der Waals surface area contributed by atoms with Crippen LogP contribution >= 0.6 is 0 Å². The fraction of sp³-hybridized carbons (Fsp3) is 0.545. The summed E-state index contributed by atoms with van der Waals surface area (Å²) in [5.74, 6) is -2.27. The maximum Gasteiger partial charge on any atom is 0.307 e. The van der Waals surface area contributed by atoms with Crippen molar-refractivity contribution < 1.29 is 33.7 Å². The number of hydrogen-bond acceptors (Lipinski definition) is 7. The molecule has 0 radical (unpaired) electrons. The largest absolute Gasteiger partial charge is 0.456 e. The number of carbonyl (C=O) groups excluding carboxylic acids is 3. The Labute approximate surface area is 104 Å². The zero-order chi connectivity index (χ0) is 14.3. The van der Waals surface area contributed by atoms with Crippen molar-refractivity contribution in [2.24, 2.45) is 0 Å². The highest BCUT2D eigenvalue weighted by molar-refractivity contribution is 5.69. The first kappa shape index (κ1) is 16.1. The minimum Gasteiger partial charge on any atom is -0.456 e. The van der Waals surface area contributed by atoms with E-state index >= 15 is 0 Å². The number of hydrogen-bond donors (Lipinski definition) is 1. The Kier molecular flexibility index (Phi) is 6.66. The van der Waals surface area contributed by atoms with Crippen LogP contribution in [0.3, 0.4) is 0 Å². The maximum absolute atomic E-state index is 10.9. The third-order valence-corrected chi connectivity index (χ3v) is 1.72. The summed E-state index contributed by atoms with van der Waals surface area (Å²) < 4.78 is 14.2. The Hall–Kier alpha value is -1.89. The fourth-order valence-electron chi connectivity index (χ4n) is 1.18. The lowest BCUT2D eigenvalue weighted by Gasteiger charge is -2.25. The number of rotatable bonds is 6. The molecular weight excluding hydrogens is 244 g/mol. The van der Waals surface area contributed by atoms with E-state index in [-0.39, 0.29) is 5.76 Å². The van der Waals surface area contributed by atoms with Gasteiger partial charge >= 0.3 is 17.9 Å². The summed E-state index contributed by atoms with van der Waals surface area (Å²) in [5.41, 5.74) is 0. The van der Waals surface area contributed by atoms with Gasteiger partial charge in [-0.2, -0.15) is 0 Å². The molecule has 2 unspecified atom stereocenters. The SMILES string of the molecule is C=C(OC(C)=O)C(OC(C)=O)C(CO)OC(C)=O. The fourth-order valence-corrected chi connectivity index (χ4v) is 1.18. The van der Waals surface area contributed by atoms with Crippen molar-refractivity contribution >= 4 is 17.9 Å². The molecule has 0 bridgehead atoms. The third-order valence-electron chi connectivity index (χ3n) is 1.72. The van der Waals surface area contributed by atoms with Crippen molar-refractivity contribution in [2.75, 3.05) is 6.61 Å². The van der Waals surface area contributed by atoms with Crippen molar-refractivity contribution in [2.45, 2.75) is 33.0 Å². The lowest BCUT2D eigenvalue weighted by molar-refractivity contribution is -0.169. The minimum absolute atomic E-state index is 0.224. The molecule has 0 aromatic rings. The van der Waals surface area contributed by atoms with Gasteiger partial charge in [-0.3, -0.25) is 14.4 Å². The second kappa shape index (κ2) is 7.44. The topological polar surface area (TPSA) is 99.1 Å². The van der Waals surface area contributed by atoms with E-state index in [4.69, 9.17) is 14.6 Å². The van der Waals surface area contributed by atoms with Crippen molar-refractivity contribution in [1.82, 2.24) is 0 Å². The van der Waals surface area contributed by atoms with Crippen molar-refractivity contribution in [3.8, 4) is 0 Å². The van der Waals surface area contributed by atoms with Crippen LogP contribution in [0.15, 0.2) is 12.3 Å². The normalized spacial score (nSPS) is 13.1. The van der Waals surface area contributed by atoms with E-state index in [1.54, 1.807) is 0 Å². The summed E-state index contributed by atoms with van der Waals surface area (Å²) in [5, 5.41) is 9.09.